The van der Waals surface area contributed by atoms with Gasteiger partial charge in [-0.05, 0) is 50.8 Å². The number of nitrogens with zero attached hydrogens (tertiary/aromatic N) is 1. The molecule has 2 fully saturated rings. The van der Waals surface area contributed by atoms with E-state index in [-0.39, 0.29) is 16.6 Å². The van der Waals surface area contributed by atoms with E-state index in [1.165, 1.54) is 19.1 Å². The summed E-state index contributed by atoms with van der Waals surface area (Å²) in [5, 5.41) is 4.89. The van der Waals surface area contributed by atoms with Crippen LogP contribution in [-0.2, 0) is 19.1 Å². The zero-order chi connectivity index (χ0) is 20.6. The van der Waals surface area contributed by atoms with Crippen molar-refractivity contribution in [1.29, 1.82) is 0 Å². The smallest absolute Gasteiger partial charge is 0.327 e. The summed E-state index contributed by atoms with van der Waals surface area (Å²) in [6, 6.07) is 2.95. The van der Waals surface area contributed by atoms with E-state index in [2.05, 4.69) is 10.6 Å². The van der Waals surface area contributed by atoms with Gasteiger partial charge in [-0.2, -0.15) is 0 Å². The van der Waals surface area contributed by atoms with Gasteiger partial charge in [0.2, 0.25) is 0 Å². The van der Waals surface area contributed by atoms with E-state index in [4.69, 9.17) is 16.3 Å². The highest BCUT2D eigenvalue weighted by atomic mass is 35.5. The predicted octanol–water partition coefficient (Wildman–Crippen LogP) is 2.07. The maximum absolute atomic E-state index is 13.2. The van der Waals surface area contributed by atoms with E-state index in [1.807, 2.05) is 0 Å². The van der Waals surface area contributed by atoms with E-state index in [0.29, 0.717) is 0 Å². The normalized spacial score (nSPS) is 22.6. The number of hydrogen-bond donors (Lipinski definition) is 2. The molecule has 0 unspecified atom stereocenters. The molecule has 3 rings (SSSR count). The quantitative estimate of drug-likeness (QED) is 0.550. The fourth-order valence-electron chi connectivity index (χ4n) is 3.03. The first-order valence-electron chi connectivity index (χ1n) is 8.71. The average molecular weight is 412 g/mol. The molecule has 1 aliphatic carbocycles. The second kappa shape index (κ2) is 7.38. The number of carbonyl (C=O) groups is 4. The van der Waals surface area contributed by atoms with Crippen LogP contribution in [0.3, 0.4) is 0 Å². The van der Waals surface area contributed by atoms with Gasteiger partial charge in [-0.1, -0.05) is 11.6 Å². The molecule has 150 valence electrons. The largest absolute Gasteiger partial charge is 0.451 e. The Balaban J connectivity index is 1.55. The number of benzene rings is 1. The topological polar surface area (TPSA) is 105 Å². The molecule has 2 atom stereocenters. The Kier molecular flexibility index (Phi) is 5.29. The minimum Gasteiger partial charge on any atom is -0.451 e. The van der Waals surface area contributed by atoms with Crippen LogP contribution in [0.5, 0.6) is 0 Å². The first kappa shape index (κ1) is 20.1. The van der Waals surface area contributed by atoms with Crippen molar-refractivity contribution in [2.24, 2.45) is 5.92 Å². The molecule has 0 bridgehead atoms. The molecule has 28 heavy (non-hydrogen) atoms. The number of ether oxygens (including phenoxy) is 1. The van der Waals surface area contributed by atoms with Crippen LogP contribution in [0.2, 0.25) is 5.02 Å². The van der Waals surface area contributed by atoms with Crippen LogP contribution < -0.4 is 10.6 Å². The third-order valence-electron chi connectivity index (χ3n) is 4.85. The zero-order valence-electron chi connectivity index (χ0n) is 15.3. The lowest BCUT2D eigenvalue weighted by Gasteiger charge is -2.21. The fraction of sp³-hybridized carbons (Fsp3) is 0.444. The molecule has 1 heterocycles. The number of imide groups is 1. The summed E-state index contributed by atoms with van der Waals surface area (Å²) in [4.78, 5) is 49.6. The van der Waals surface area contributed by atoms with Gasteiger partial charge in [0, 0.05) is 5.69 Å². The molecule has 1 aromatic rings. The highest BCUT2D eigenvalue weighted by Crippen LogP contribution is 2.42. The van der Waals surface area contributed by atoms with E-state index >= 15 is 0 Å². The van der Waals surface area contributed by atoms with Gasteiger partial charge in [-0.3, -0.25) is 19.3 Å². The van der Waals surface area contributed by atoms with Gasteiger partial charge in [-0.25, -0.2) is 9.18 Å². The molecule has 2 N–H and O–H groups in total. The van der Waals surface area contributed by atoms with Crippen molar-refractivity contribution >= 4 is 41.1 Å². The van der Waals surface area contributed by atoms with Crippen LogP contribution in [0.15, 0.2) is 18.2 Å². The number of anilines is 1. The Labute approximate surface area is 165 Å². The molecule has 2 aliphatic rings. The Morgan fingerprint density at radius 1 is 1.43 bits per heavy atom. The Bertz CT molecular complexity index is 860. The molecule has 0 aromatic heterocycles. The maximum Gasteiger partial charge on any atom is 0.327 e. The summed E-state index contributed by atoms with van der Waals surface area (Å²) in [5.41, 5.74) is -0.768. The van der Waals surface area contributed by atoms with Gasteiger partial charge in [0.05, 0.1) is 5.02 Å². The molecule has 1 aromatic carbocycles. The van der Waals surface area contributed by atoms with Crippen LogP contribution in [0.25, 0.3) is 0 Å². The Morgan fingerprint density at radius 3 is 2.71 bits per heavy atom. The maximum atomic E-state index is 13.2. The number of urea groups is 1. The molecular weight excluding hydrogens is 393 g/mol. The van der Waals surface area contributed by atoms with Crippen molar-refractivity contribution in [3.8, 4) is 0 Å². The summed E-state index contributed by atoms with van der Waals surface area (Å²) in [6.07, 6.45) is 0.475. The Morgan fingerprint density at radius 2 is 2.11 bits per heavy atom. The van der Waals surface area contributed by atoms with Crippen molar-refractivity contribution in [2.75, 3.05) is 11.9 Å². The molecule has 1 saturated carbocycles. The number of nitrogens with one attached hydrogen (secondary N) is 2. The van der Waals surface area contributed by atoms with E-state index < -0.39 is 47.8 Å². The van der Waals surface area contributed by atoms with Crippen LogP contribution >= 0.6 is 11.6 Å². The summed E-state index contributed by atoms with van der Waals surface area (Å²) >= 11 is 5.65. The third-order valence-corrected chi connectivity index (χ3v) is 5.14. The number of esters is 1. The Hall–Kier alpha value is -2.68. The van der Waals surface area contributed by atoms with Crippen LogP contribution in [0, 0.1) is 11.7 Å². The van der Waals surface area contributed by atoms with Crippen LogP contribution in [0.1, 0.15) is 26.7 Å². The van der Waals surface area contributed by atoms with Crippen molar-refractivity contribution in [1.82, 2.24) is 10.2 Å². The monoisotopic (exact) mass is 411 g/mol. The van der Waals surface area contributed by atoms with Gasteiger partial charge in [-0.15, -0.1) is 0 Å². The number of halogens is 2. The molecule has 10 heteroatoms. The van der Waals surface area contributed by atoms with Gasteiger partial charge >= 0.3 is 12.0 Å². The van der Waals surface area contributed by atoms with Gasteiger partial charge in [0.25, 0.3) is 11.8 Å². The number of rotatable bonds is 6. The first-order valence-corrected chi connectivity index (χ1v) is 9.09. The van der Waals surface area contributed by atoms with Gasteiger partial charge in [0.1, 0.15) is 17.9 Å². The van der Waals surface area contributed by atoms with Crippen LogP contribution in [-0.4, -0.2) is 46.9 Å². The molecule has 1 saturated heterocycles. The summed E-state index contributed by atoms with van der Waals surface area (Å²) in [7, 11) is 0. The second-order valence-corrected chi connectivity index (χ2v) is 7.46. The molecule has 0 radical (unpaired) electrons. The standard InChI is InChI=1S/C18H19ClFN3O5/c1-9(15(25)21-11-5-6-13(20)12(19)7-11)28-14(24)8-23-16(26)18(2,10-3-4-10)22-17(23)27/h5-7,9-10H,3-4,8H2,1-2H3,(H,21,25)(H,22,27)/t9-,18+/m0/s1. The third kappa shape index (κ3) is 3.94. The number of hydrogen-bond acceptors (Lipinski definition) is 5. The lowest BCUT2D eigenvalue weighted by Crippen LogP contribution is -2.46. The summed E-state index contributed by atoms with van der Waals surface area (Å²) in [6.45, 7) is 2.38. The second-order valence-electron chi connectivity index (χ2n) is 7.05. The molecule has 8 nitrogen and oxygen atoms in total. The molecular formula is C18H19ClFN3O5. The predicted molar refractivity (Wildman–Crippen MR) is 97.0 cm³/mol. The van der Waals surface area contributed by atoms with Gasteiger partial charge < -0.3 is 15.4 Å². The molecule has 4 amide bonds. The first-order chi connectivity index (χ1) is 13.1. The van der Waals surface area contributed by atoms with Crippen molar-refractivity contribution in [2.45, 2.75) is 38.3 Å². The van der Waals surface area contributed by atoms with Crippen molar-refractivity contribution in [3.05, 3.63) is 29.0 Å². The number of carbonyl (C=O) groups excluding carboxylic acids is 4. The minimum absolute atomic E-state index is 0.0669. The highest BCUT2D eigenvalue weighted by Gasteiger charge is 2.56. The lowest BCUT2D eigenvalue weighted by molar-refractivity contribution is -0.155. The number of amides is 4. The summed E-state index contributed by atoms with van der Waals surface area (Å²) < 4.78 is 18.2. The lowest BCUT2D eigenvalue weighted by atomic mass is 9.96. The minimum atomic E-state index is -1.20. The molecule has 0 spiro atoms. The van der Waals surface area contributed by atoms with Gasteiger partial charge in [0.15, 0.2) is 6.10 Å². The molecule has 1 aliphatic heterocycles. The average Bonchev–Trinajstić information content (AvgIpc) is 3.44. The summed E-state index contributed by atoms with van der Waals surface area (Å²) in [5.74, 6) is -2.61. The highest BCUT2D eigenvalue weighted by molar-refractivity contribution is 6.31. The zero-order valence-corrected chi connectivity index (χ0v) is 16.0. The van der Waals surface area contributed by atoms with E-state index in [9.17, 15) is 23.6 Å². The van der Waals surface area contributed by atoms with Crippen molar-refractivity contribution < 1.29 is 28.3 Å². The van der Waals surface area contributed by atoms with Crippen molar-refractivity contribution in [3.63, 3.8) is 0 Å². The van der Waals surface area contributed by atoms with E-state index in [1.54, 1.807) is 6.92 Å². The van der Waals surface area contributed by atoms with E-state index in [0.717, 1.165) is 23.8 Å². The fourth-order valence-corrected chi connectivity index (χ4v) is 3.21. The van der Waals surface area contributed by atoms with Crippen LogP contribution in [0.4, 0.5) is 14.9 Å². The SMILES string of the molecule is C[C@H](OC(=O)CN1C(=O)N[C@](C)(C2CC2)C1=O)C(=O)Nc1ccc(F)c(Cl)c1.